The number of nitrogens with zero attached hydrogens (tertiary/aromatic N) is 4. The van der Waals surface area contributed by atoms with E-state index in [-0.39, 0.29) is 0 Å². The zero-order valence-electron chi connectivity index (χ0n) is 8.03. The molecule has 0 aromatic heterocycles. The van der Waals surface area contributed by atoms with Gasteiger partial charge in [0.2, 0.25) is 0 Å². The first-order valence-electron chi connectivity index (χ1n) is 4.50. The van der Waals surface area contributed by atoms with Gasteiger partial charge in [0.25, 0.3) is 0 Å². The number of nitriles is 2. The number of likely N-dealkylation sites (N-methyl/N-ethyl adjacent to an activating group) is 1. The maximum atomic E-state index is 8.62. The summed E-state index contributed by atoms with van der Waals surface area (Å²) in [5, 5.41) is 17.1. The number of hydrogen-bond donors (Lipinski definition) is 0. The Bertz CT molecular complexity index is 239. The lowest BCUT2D eigenvalue weighted by molar-refractivity contribution is -0.907. The van der Waals surface area contributed by atoms with Crippen LogP contribution in [0.25, 0.3) is 0 Å². The largest absolute Gasteiger partial charge is 0.312 e. The Balaban J connectivity index is 2.39. The van der Waals surface area contributed by atoms with Crippen LogP contribution in [0.4, 0.5) is 0 Å². The summed E-state index contributed by atoms with van der Waals surface area (Å²) in [5.41, 5.74) is 0. The summed E-state index contributed by atoms with van der Waals surface area (Å²) in [6.07, 6.45) is 0. The zero-order valence-corrected chi connectivity index (χ0v) is 8.03. The van der Waals surface area contributed by atoms with E-state index in [1.807, 2.05) is 0 Å². The molecule has 1 saturated heterocycles. The minimum Gasteiger partial charge on any atom is -0.312 e. The van der Waals surface area contributed by atoms with Crippen LogP contribution in [0.2, 0.25) is 0 Å². The molecular weight excluding hydrogens is 164 g/mol. The molecule has 0 N–H and O–H groups in total. The summed E-state index contributed by atoms with van der Waals surface area (Å²) in [6, 6.07) is 4.36. The summed E-state index contributed by atoms with van der Waals surface area (Å²) in [6.45, 7) is 4.94. The molecule has 70 valence electrons. The van der Waals surface area contributed by atoms with Gasteiger partial charge >= 0.3 is 0 Å². The second-order valence-electron chi connectivity index (χ2n) is 3.82. The molecule has 4 nitrogen and oxygen atoms in total. The van der Waals surface area contributed by atoms with Crippen LogP contribution in [0, 0.1) is 22.7 Å². The molecule has 1 aliphatic rings. The molecular formula is C9H15N4+. The van der Waals surface area contributed by atoms with Crippen LogP contribution in [0.5, 0.6) is 0 Å². The van der Waals surface area contributed by atoms with Gasteiger partial charge in [-0.2, -0.15) is 10.5 Å². The lowest BCUT2D eigenvalue weighted by atomic mass is 10.2. The van der Waals surface area contributed by atoms with Crippen LogP contribution >= 0.6 is 0 Å². The summed E-state index contributed by atoms with van der Waals surface area (Å²) < 4.78 is 0.832. The molecule has 1 fully saturated rings. The first-order chi connectivity index (χ1) is 6.20. The van der Waals surface area contributed by atoms with Crippen LogP contribution in [0.1, 0.15) is 0 Å². The van der Waals surface area contributed by atoms with E-state index in [4.69, 9.17) is 10.5 Å². The number of hydrogen-bond acceptors (Lipinski definition) is 3. The average molecular weight is 179 g/mol. The standard InChI is InChI=1S/C9H15N4/c1-13(7-3-11)8-5-12(4-2-10)6-9-13/h4-9H2,1H3/q+1. The Hall–Kier alpha value is -1.10. The summed E-state index contributed by atoms with van der Waals surface area (Å²) in [7, 11) is 2.10. The number of rotatable bonds is 2. The third kappa shape index (κ3) is 2.69. The SMILES string of the molecule is C[N+]1(CC#N)CCN(CC#N)CC1. The van der Waals surface area contributed by atoms with Gasteiger partial charge in [0.05, 0.1) is 32.8 Å². The van der Waals surface area contributed by atoms with Crippen molar-refractivity contribution >= 4 is 0 Å². The predicted octanol–water partition coefficient (Wildman–Crippen LogP) is -0.204. The monoisotopic (exact) mass is 179 g/mol. The van der Waals surface area contributed by atoms with E-state index in [0.717, 1.165) is 30.7 Å². The maximum Gasteiger partial charge on any atom is 0.166 e. The van der Waals surface area contributed by atoms with Crippen molar-refractivity contribution in [2.24, 2.45) is 0 Å². The molecule has 0 aromatic rings. The molecule has 0 atom stereocenters. The number of piperazine rings is 1. The van der Waals surface area contributed by atoms with E-state index in [1.165, 1.54) is 0 Å². The second-order valence-corrected chi connectivity index (χ2v) is 3.82. The average Bonchev–Trinajstić information content (AvgIpc) is 2.10. The fraction of sp³-hybridized carbons (Fsp3) is 0.778. The van der Waals surface area contributed by atoms with Gasteiger partial charge in [-0.1, -0.05) is 0 Å². The van der Waals surface area contributed by atoms with Crippen molar-refractivity contribution in [1.29, 1.82) is 10.5 Å². The smallest absolute Gasteiger partial charge is 0.166 e. The zero-order chi connectivity index (χ0) is 9.73. The fourth-order valence-electron chi connectivity index (χ4n) is 1.58. The molecule has 1 rings (SSSR count). The second kappa shape index (κ2) is 4.23. The van der Waals surface area contributed by atoms with Crippen LogP contribution in [0.3, 0.4) is 0 Å². The quantitative estimate of drug-likeness (QED) is 0.435. The van der Waals surface area contributed by atoms with Crippen molar-refractivity contribution in [2.75, 3.05) is 46.3 Å². The lowest BCUT2D eigenvalue weighted by Crippen LogP contribution is -2.57. The Morgan fingerprint density at radius 3 is 2.31 bits per heavy atom. The van der Waals surface area contributed by atoms with E-state index >= 15 is 0 Å². The molecule has 0 spiro atoms. The fourth-order valence-corrected chi connectivity index (χ4v) is 1.58. The molecule has 1 heterocycles. The van der Waals surface area contributed by atoms with Gasteiger partial charge in [-0.15, -0.1) is 0 Å². The van der Waals surface area contributed by atoms with Crippen molar-refractivity contribution < 1.29 is 4.48 Å². The van der Waals surface area contributed by atoms with E-state index < -0.39 is 0 Å². The maximum absolute atomic E-state index is 8.62. The first kappa shape index (κ1) is 9.98. The van der Waals surface area contributed by atoms with E-state index in [1.54, 1.807) is 0 Å². The Kier molecular flexibility index (Phi) is 3.25. The van der Waals surface area contributed by atoms with Gasteiger partial charge in [-0.05, 0) is 0 Å². The van der Waals surface area contributed by atoms with Crippen molar-refractivity contribution in [3.63, 3.8) is 0 Å². The third-order valence-electron chi connectivity index (χ3n) is 2.66. The first-order valence-corrected chi connectivity index (χ1v) is 4.50. The minimum atomic E-state index is 0.520. The Morgan fingerprint density at radius 1 is 1.23 bits per heavy atom. The van der Waals surface area contributed by atoms with Gasteiger partial charge in [-0.25, -0.2) is 0 Å². The van der Waals surface area contributed by atoms with Gasteiger partial charge in [0, 0.05) is 13.1 Å². The highest BCUT2D eigenvalue weighted by Gasteiger charge is 2.27. The molecule has 0 aromatic carbocycles. The minimum absolute atomic E-state index is 0.520. The third-order valence-corrected chi connectivity index (χ3v) is 2.66. The summed E-state index contributed by atoms with van der Waals surface area (Å²) >= 11 is 0. The van der Waals surface area contributed by atoms with Gasteiger partial charge in [0.1, 0.15) is 6.07 Å². The highest BCUT2D eigenvalue weighted by atomic mass is 15.4. The van der Waals surface area contributed by atoms with Gasteiger partial charge in [-0.3, -0.25) is 4.90 Å². The van der Waals surface area contributed by atoms with E-state index in [9.17, 15) is 0 Å². The summed E-state index contributed by atoms with van der Waals surface area (Å²) in [5.74, 6) is 0. The van der Waals surface area contributed by atoms with Crippen LogP contribution < -0.4 is 0 Å². The van der Waals surface area contributed by atoms with Crippen molar-refractivity contribution in [2.45, 2.75) is 0 Å². The van der Waals surface area contributed by atoms with Crippen LogP contribution in [0.15, 0.2) is 0 Å². The molecule has 0 amide bonds. The molecule has 13 heavy (non-hydrogen) atoms. The molecule has 0 bridgehead atoms. The summed E-state index contributed by atoms with van der Waals surface area (Å²) in [4.78, 5) is 2.14. The predicted molar refractivity (Wildman–Crippen MR) is 48.5 cm³/mol. The van der Waals surface area contributed by atoms with E-state index in [2.05, 4.69) is 24.1 Å². The van der Waals surface area contributed by atoms with Crippen LogP contribution in [-0.2, 0) is 0 Å². The molecule has 1 aliphatic heterocycles. The van der Waals surface area contributed by atoms with Crippen molar-refractivity contribution in [1.82, 2.24) is 4.90 Å². The molecule has 0 aliphatic carbocycles. The Labute approximate surface area is 79.2 Å². The van der Waals surface area contributed by atoms with Crippen molar-refractivity contribution in [3.8, 4) is 12.1 Å². The van der Waals surface area contributed by atoms with Gasteiger partial charge < -0.3 is 4.48 Å². The highest BCUT2D eigenvalue weighted by molar-refractivity contribution is 4.79. The highest BCUT2D eigenvalue weighted by Crippen LogP contribution is 2.08. The van der Waals surface area contributed by atoms with Gasteiger partial charge in [0.15, 0.2) is 6.54 Å². The normalized spacial score (nSPS) is 21.8. The molecule has 0 radical (unpaired) electrons. The molecule has 4 heteroatoms. The van der Waals surface area contributed by atoms with E-state index in [0.29, 0.717) is 13.1 Å². The molecule has 0 saturated carbocycles. The van der Waals surface area contributed by atoms with Crippen molar-refractivity contribution in [3.05, 3.63) is 0 Å². The topological polar surface area (TPSA) is 50.8 Å². The lowest BCUT2D eigenvalue weighted by Gasteiger charge is -2.39. The Morgan fingerprint density at radius 2 is 1.85 bits per heavy atom. The van der Waals surface area contributed by atoms with Crippen LogP contribution in [-0.4, -0.2) is 55.7 Å². The number of quaternary nitrogens is 1. The molecule has 0 unspecified atom stereocenters.